The van der Waals surface area contributed by atoms with Gasteiger partial charge < -0.3 is 28.4 Å². The van der Waals surface area contributed by atoms with Gasteiger partial charge in [0.05, 0.1) is 44.0 Å². The highest BCUT2D eigenvalue weighted by Gasteiger charge is 2.37. The first-order valence-corrected chi connectivity index (χ1v) is 14.0. The average molecular weight is 650 g/mol. The Hall–Kier alpha value is -4.96. The van der Waals surface area contributed by atoms with Crippen LogP contribution in [0.3, 0.4) is 0 Å². The second-order valence-corrected chi connectivity index (χ2v) is 9.83. The van der Waals surface area contributed by atoms with Gasteiger partial charge in [0.15, 0.2) is 29.3 Å². The molecule has 1 atom stereocenters. The molecular formula is C30H28F5N5O6. The van der Waals surface area contributed by atoms with E-state index in [4.69, 9.17) is 23.8 Å². The number of anilines is 2. The van der Waals surface area contributed by atoms with Crippen molar-refractivity contribution in [2.75, 3.05) is 43.5 Å². The van der Waals surface area contributed by atoms with E-state index in [0.717, 1.165) is 12.1 Å². The molecule has 46 heavy (non-hydrogen) atoms. The van der Waals surface area contributed by atoms with E-state index in [1.807, 2.05) is 6.92 Å². The highest BCUT2D eigenvalue weighted by molar-refractivity contribution is 5.80. The molecule has 2 N–H and O–H groups in total. The summed E-state index contributed by atoms with van der Waals surface area (Å²) in [7, 11) is 0. The van der Waals surface area contributed by atoms with E-state index in [1.165, 1.54) is 58.5 Å². The number of esters is 1. The minimum absolute atomic E-state index is 0.0180. The number of hydrazine groups is 1. The maximum absolute atomic E-state index is 14.4. The zero-order valence-electron chi connectivity index (χ0n) is 24.3. The number of aliphatic hydroxyl groups is 1. The lowest BCUT2D eigenvalue weighted by Gasteiger charge is -2.26. The van der Waals surface area contributed by atoms with Crippen LogP contribution >= 0.6 is 0 Å². The molecule has 2 aromatic carbocycles. The van der Waals surface area contributed by atoms with E-state index in [2.05, 4.69) is 15.6 Å². The molecular weight excluding hydrogens is 621 g/mol. The Balaban J connectivity index is 1.49. The van der Waals surface area contributed by atoms with Crippen LogP contribution in [0.15, 0.2) is 59.5 Å². The van der Waals surface area contributed by atoms with Crippen molar-refractivity contribution in [3.63, 3.8) is 0 Å². The molecule has 16 heteroatoms. The van der Waals surface area contributed by atoms with Crippen molar-refractivity contribution in [1.29, 1.82) is 0 Å². The van der Waals surface area contributed by atoms with Crippen molar-refractivity contribution in [3.05, 3.63) is 83.6 Å². The summed E-state index contributed by atoms with van der Waals surface area (Å²) in [4.78, 5) is 17.7. The van der Waals surface area contributed by atoms with Crippen LogP contribution in [-0.4, -0.2) is 58.8 Å². The normalized spacial score (nSPS) is 13.3. The van der Waals surface area contributed by atoms with Crippen LogP contribution in [0.5, 0.6) is 5.75 Å². The van der Waals surface area contributed by atoms with Crippen LogP contribution in [0, 0.1) is 11.6 Å². The van der Waals surface area contributed by atoms with Gasteiger partial charge in [-0.1, -0.05) is 18.1 Å². The van der Waals surface area contributed by atoms with E-state index in [1.54, 1.807) is 0 Å². The quantitative estimate of drug-likeness (QED) is 0.108. The Bertz CT molecular complexity index is 1710. The number of hydrogen-bond donors (Lipinski definition) is 2. The van der Waals surface area contributed by atoms with Crippen molar-refractivity contribution in [1.82, 2.24) is 14.7 Å². The Morgan fingerprint density at radius 2 is 1.93 bits per heavy atom. The molecule has 0 bridgehead atoms. The maximum Gasteiger partial charge on any atom is 0.417 e. The minimum Gasteiger partial charge on any atom is -0.494 e. The van der Waals surface area contributed by atoms with E-state index < -0.39 is 35.4 Å². The number of aliphatic hydroxyl groups excluding tert-OH is 1. The number of carbonyl (C=O) groups is 1. The summed E-state index contributed by atoms with van der Waals surface area (Å²) in [6, 6.07) is 6.83. The third-order valence-corrected chi connectivity index (χ3v) is 6.68. The Kier molecular flexibility index (Phi) is 9.87. The topological polar surface area (TPSA) is 124 Å². The van der Waals surface area contributed by atoms with Gasteiger partial charge in [-0.3, -0.25) is 10.4 Å². The summed E-state index contributed by atoms with van der Waals surface area (Å²) in [6.45, 7) is 1.57. The molecule has 1 aliphatic heterocycles. The van der Waals surface area contributed by atoms with Crippen molar-refractivity contribution >= 4 is 23.6 Å². The standard InChI is InChI=1S/C30H28F5N5O6/c1-2-11-44-18-6-7-19(20(15-18)30(33,34)35)22-16-25(46-38-22)27(29(42)45-14-13-43-12-10-41)39-17-36-28-24(39)8-9-40(37-28)23-5-3-4-21(31)26(23)32/h3-9,15-17,27,37,41H,2,10-14H2,1H3. The molecule has 3 heterocycles. The summed E-state index contributed by atoms with van der Waals surface area (Å²) in [6.07, 6.45) is -0.0944. The molecule has 0 saturated heterocycles. The monoisotopic (exact) mass is 649 g/mol. The number of rotatable bonds is 13. The fourth-order valence-electron chi connectivity index (χ4n) is 4.59. The van der Waals surface area contributed by atoms with E-state index in [0.29, 0.717) is 6.42 Å². The van der Waals surface area contributed by atoms with Crippen LogP contribution < -0.4 is 15.2 Å². The smallest absolute Gasteiger partial charge is 0.417 e. The molecule has 1 aliphatic rings. The lowest BCUT2D eigenvalue weighted by Crippen LogP contribution is -2.29. The van der Waals surface area contributed by atoms with E-state index in [-0.39, 0.29) is 73.0 Å². The minimum atomic E-state index is -4.76. The van der Waals surface area contributed by atoms with Crippen molar-refractivity contribution in [2.24, 2.45) is 0 Å². The zero-order valence-corrected chi connectivity index (χ0v) is 24.3. The molecule has 5 rings (SSSR count). The molecule has 0 aliphatic carbocycles. The predicted octanol–water partition coefficient (Wildman–Crippen LogP) is 5.58. The lowest BCUT2D eigenvalue weighted by molar-refractivity contribution is -0.148. The van der Waals surface area contributed by atoms with Crippen molar-refractivity contribution < 1.29 is 50.6 Å². The Morgan fingerprint density at radius 3 is 2.70 bits per heavy atom. The second kappa shape index (κ2) is 14.0. The first-order valence-electron chi connectivity index (χ1n) is 14.0. The van der Waals surface area contributed by atoms with E-state index >= 15 is 0 Å². The number of nitrogens with zero attached hydrogens (tertiary/aromatic N) is 4. The molecule has 244 valence electrons. The van der Waals surface area contributed by atoms with Gasteiger partial charge in [-0.2, -0.15) is 13.2 Å². The SMILES string of the molecule is CCCOc1ccc(-c2cc(C(C(=O)OCCOCCO)n3cnc4c3C=CN(c3cccc(F)c3F)N4)on2)c(C(F)(F)F)c1. The number of halogens is 5. The van der Waals surface area contributed by atoms with Gasteiger partial charge >= 0.3 is 12.1 Å². The summed E-state index contributed by atoms with van der Waals surface area (Å²) in [5, 5.41) is 13.9. The van der Waals surface area contributed by atoms with Gasteiger partial charge in [-0.05, 0) is 42.8 Å². The van der Waals surface area contributed by atoms with Crippen molar-refractivity contribution in [2.45, 2.75) is 25.6 Å². The highest BCUT2D eigenvalue weighted by atomic mass is 19.4. The second-order valence-electron chi connectivity index (χ2n) is 9.83. The lowest BCUT2D eigenvalue weighted by atomic mass is 10.0. The third-order valence-electron chi connectivity index (χ3n) is 6.68. The number of aromatic nitrogens is 3. The molecule has 0 spiro atoms. The van der Waals surface area contributed by atoms with Crippen LogP contribution in [0.1, 0.15) is 36.4 Å². The molecule has 2 aromatic heterocycles. The van der Waals surface area contributed by atoms with Gasteiger partial charge in [0.2, 0.25) is 0 Å². The number of imidazole rings is 1. The molecule has 1 unspecified atom stereocenters. The number of ether oxygens (including phenoxy) is 3. The Morgan fingerprint density at radius 1 is 1.11 bits per heavy atom. The zero-order chi connectivity index (χ0) is 32.8. The molecule has 0 radical (unpaired) electrons. The molecule has 11 nitrogen and oxygen atoms in total. The fourth-order valence-corrected chi connectivity index (χ4v) is 4.59. The highest BCUT2D eigenvalue weighted by Crippen LogP contribution is 2.40. The summed E-state index contributed by atoms with van der Waals surface area (Å²) in [5.41, 5.74) is 1.43. The fraction of sp³-hybridized carbons (Fsp3) is 0.300. The van der Waals surface area contributed by atoms with E-state index in [9.17, 15) is 26.7 Å². The van der Waals surface area contributed by atoms with Crippen LogP contribution in [0.25, 0.3) is 17.3 Å². The number of carbonyl (C=O) groups excluding carboxylic acids is 1. The van der Waals surface area contributed by atoms with Gasteiger partial charge in [0, 0.05) is 17.8 Å². The van der Waals surface area contributed by atoms with Gasteiger partial charge in [0.25, 0.3) is 0 Å². The average Bonchev–Trinajstić information content (AvgIpc) is 3.69. The van der Waals surface area contributed by atoms with Crippen molar-refractivity contribution in [3.8, 4) is 17.0 Å². The number of hydrogen-bond acceptors (Lipinski definition) is 10. The van der Waals surface area contributed by atoms with Gasteiger partial charge in [-0.15, -0.1) is 0 Å². The molecule has 0 saturated carbocycles. The third kappa shape index (κ3) is 6.97. The van der Waals surface area contributed by atoms with Crippen LogP contribution in [-0.2, 0) is 20.4 Å². The van der Waals surface area contributed by atoms with Crippen LogP contribution in [0.4, 0.5) is 33.5 Å². The van der Waals surface area contributed by atoms with Gasteiger partial charge in [0.1, 0.15) is 23.7 Å². The maximum atomic E-state index is 14.4. The number of alkyl halides is 3. The first-order chi connectivity index (χ1) is 22.1. The first kappa shape index (κ1) is 32.4. The molecule has 0 fully saturated rings. The predicted molar refractivity (Wildman–Crippen MR) is 153 cm³/mol. The molecule has 4 aromatic rings. The van der Waals surface area contributed by atoms with Crippen LogP contribution in [0.2, 0.25) is 0 Å². The number of fused-ring (bicyclic) bond motifs is 1. The number of nitrogens with one attached hydrogen (secondary N) is 1. The summed E-state index contributed by atoms with van der Waals surface area (Å²) in [5.74, 6) is -3.07. The molecule has 0 amide bonds. The summed E-state index contributed by atoms with van der Waals surface area (Å²) < 4.78 is 93.1. The van der Waals surface area contributed by atoms with Gasteiger partial charge in [-0.25, -0.2) is 18.6 Å². The largest absolute Gasteiger partial charge is 0.494 e. The number of benzene rings is 2. The summed E-state index contributed by atoms with van der Waals surface area (Å²) >= 11 is 0. The Labute approximate surface area is 258 Å².